The van der Waals surface area contributed by atoms with Gasteiger partial charge in [0, 0.05) is 11.7 Å². The Morgan fingerprint density at radius 1 is 1.26 bits per heavy atom. The lowest BCUT2D eigenvalue weighted by atomic mass is 9.87. The van der Waals surface area contributed by atoms with Crippen LogP contribution in [0.3, 0.4) is 0 Å². The molecule has 100 valence electrons. The summed E-state index contributed by atoms with van der Waals surface area (Å²) in [6.45, 7) is 4.68. The SMILES string of the molecule is CC1(C)CCCC1Nc1ccc(-n2cnnn2)cc1. The predicted octanol–water partition coefficient (Wildman–Crippen LogP) is 2.65. The topological polar surface area (TPSA) is 55.6 Å². The second-order valence-corrected chi connectivity index (χ2v) is 5.88. The Hall–Kier alpha value is -1.91. The Labute approximate surface area is 113 Å². The first-order valence-corrected chi connectivity index (χ1v) is 6.75. The third-order valence-electron chi connectivity index (χ3n) is 4.08. The van der Waals surface area contributed by atoms with Gasteiger partial charge in [0.15, 0.2) is 0 Å². The van der Waals surface area contributed by atoms with E-state index in [0.29, 0.717) is 11.5 Å². The molecular formula is C14H19N5. The molecule has 0 saturated heterocycles. The highest BCUT2D eigenvalue weighted by Gasteiger charge is 2.34. The molecule has 1 fully saturated rings. The number of anilines is 1. The average Bonchev–Trinajstić information content (AvgIpc) is 3.01. The fraction of sp³-hybridized carbons (Fsp3) is 0.500. The monoisotopic (exact) mass is 257 g/mol. The standard InChI is InChI=1S/C14H19N5/c1-14(2)9-3-4-13(14)16-11-5-7-12(8-6-11)19-10-15-17-18-19/h5-8,10,13,16H,3-4,9H2,1-2H3. The van der Waals surface area contributed by atoms with Crippen molar-refractivity contribution in [1.29, 1.82) is 0 Å². The maximum absolute atomic E-state index is 3.88. The Morgan fingerprint density at radius 3 is 2.63 bits per heavy atom. The lowest BCUT2D eigenvalue weighted by Crippen LogP contribution is -2.30. The number of nitrogens with zero attached hydrogens (tertiary/aromatic N) is 4. The smallest absolute Gasteiger partial charge is 0.143 e. The minimum Gasteiger partial charge on any atom is -0.382 e. The van der Waals surface area contributed by atoms with E-state index in [2.05, 4.69) is 46.8 Å². The summed E-state index contributed by atoms with van der Waals surface area (Å²) in [4.78, 5) is 0. The van der Waals surface area contributed by atoms with Crippen LogP contribution in [0.4, 0.5) is 5.69 Å². The summed E-state index contributed by atoms with van der Waals surface area (Å²) in [5, 5.41) is 14.8. The Balaban J connectivity index is 1.73. The fourth-order valence-corrected chi connectivity index (χ4v) is 2.79. The minimum absolute atomic E-state index is 0.383. The van der Waals surface area contributed by atoms with Crippen LogP contribution in [-0.2, 0) is 0 Å². The number of hydrogen-bond acceptors (Lipinski definition) is 4. The van der Waals surface area contributed by atoms with Gasteiger partial charge in [-0.2, -0.15) is 0 Å². The van der Waals surface area contributed by atoms with Gasteiger partial charge in [-0.3, -0.25) is 0 Å². The second-order valence-electron chi connectivity index (χ2n) is 5.88. The molecule has 1 heterocycles. The molecule has 0 radical (unpaired) electrons. The number of aromatic nitrogens is 4. The van der Waals surface area contributed by atoms with Crippen molar-refractivity contribution in [2.24, 2.45) is 5.41 Å². The van der Waals surface area contributed by atoms with Crippen molar-refractivity contribution in [2.75, 3.05) is 5.32 Å². The van der Waals surface area contributed by atoms with Crippen molar-refractivity contribution in [2.45, 2.75) is 39.2 Å². The summed E-state index contributed by atoms with van der Waals surface area (Å²) in [7, 11) is 0. The van der Waals surface area contributed by atoms with Crippen LogP contribution < -0.4 is 5.32 Å². The van der Waals surface area contributed by atoms with E-state index >= 15 is 0 Å². The molecule has 1 N–H and O–H groups in total. The molecule has 1 saturated carbocycles. The predicted molar refractivity (Wildman–Crippen MR) is 74.2 cm³/mol. The molecule has 19 heavy (non-hydrogen) atoms. The highest BCUT2D eigenvalue weighted by molar-refractivity contribution is 5.49. The van der Waals surface area contributed by atoms with Crippen LogP contribution in [0, 0.1) is 5.41 Å². The largest absolute Gasteiger partial charge is 0.382 e. The average molecular weight is 257 g/mol. The highest BCUT2D eigenvalue weighted by Crippen LogP contribution is 2.38. The number of benzene rings is 1. The number of nitrogens with one attached hydrogen (secondary N) is 1. The summed E-state index contributed by atoms with van der Waals surface area (Å²) in [5.41, 5.74) is 2.52. The first kappa shape index (κ1) is 12.1. The van der Waals surface area contributed by atoms with Crippen LogP contribution in [0.5, 0.6) is 0 Å². The molecule has 1 aliphatic carbocycles. The van der Waals surface area contributed by atoms with Crippen molar-refractivity contribution in [1.82, 2.24) is 20.2 Å². The van der Waals surface area contributed by atoms with Gasteiger partial charge in [0.05, 0.1) is 5.69 Å². The molecule has 0 spiro atoms. The van der Waals surface area contributed by atoms with Gasteiger partial charge < -0.3 is 5.32 Å². The van der Waals surface area contributed by atoms with Crippen LogP contribution in [0.2, 0.25) is 0 Å². The van der Waals surface area contributed by atoms with E-state index in [1.807, 2.05) is 12.1 Å². The van der Waals surface area contributed by atoms with Crippen molar-refractivity contribution >= 4 is 5.69 Å². The summed E-state index contributed by atoms with van der Waals surface area (Å²) < 4.78 is 1.66. The van der Waals surface area contributed by atoms with E-state index in [-0.39, 0.29) is 0 Å². The Kier molecular flexibility index (Phi) is 2.97. The van der Waals surface area contributed by atoms with Crippen LogP contribution in [0.15, 0.2) is 30.6 Å². The maximum atomic E-state index is 3.88. The van der Waals surface area contributed by atoms with Gasteiger partial charge in [0.2, 0.25) is 0 Å². The van der Waals surface area contributed by atoms with Crippen LogP contribution in [0.1, 0.15) is 33.1 Å². The van der Waals surface area contributed by atoms with Crippen LogP contribution in [-0.4, -0.2) is 26.2 Å². The third-order valence-corrected chi connectivity index (χ3v) is 4.08. The number of tetrazole rings is 1. The molecule has 1 aromatic heterocycles. The van der Waals surface area contributed by atoms with E-state index < -0.39 is 0 Å². The van der Waals surface area contributed by atoms with Gasteiger partial charge in [0.25, 0.3) is 0 Å². The molecule has 1 aliphatic rings. The van der Waals surface area contributed by atoms with Crippen LogP contribution >= 0.6 is 0 Å². The Morgan fingerprint density at radius 2 is 2.05 bits per heavy atom. The van der Waals surface area contributed by atoms with Crippen LogP contribution in [0.25, 0.3) is 5.69 Å². The zero-order chi connectivity index (χ0) is 13.3. The Bertz CT molecular complexity index is 529. The van der Waals surface area contributed by atoms with Gasteiger partial charge >= 0.3 is 0 Å². The molecule has 0 bridgehead atoms. The summed E-state index contributed by atoms with van der Waals surface area (Å²) in [6, 6.07) is 8.80. The van der Waals surface area contributed by atoms with Crippen molar-refractivity contribution < 1.29 is 0 Å². The van der Waals surface area contributed by atoms with Gasteiger partial charge in [-0.05, 0) is 52.9 Å². The normalized spacial score (nSPS) is 21.5. The molecular weight excluding hydrogens is 238 g/mol. The quantitative estimate of drug-likeness (QED) is 0.918. The highest BCUT2D eigenvalue weighted by atomic mass is 15.5. The zero-order valence-corrected chi connectivity index (χ0v) is 11.4. The first-order valence-electron chi connectivity index (χ1n) is 6.75. The minimum atomic E-state index is 0.383. The maximum Gasteiger partial charge on any atom is 0.143 e. The lowest BCUT2D eigenvalue weighted by Gasteiger charge is -2.28. The molecule has 0 amide bonds. The fourth-order valence-electron chi connectivity index (χ4n) is 2.79. The second kappa shape index (κ2) is 4.64. The molecule has 5 heteroatoms. The molecule has 1 aromatic carbocycles. The van der Waals surface area contributed by atoms with E-state index in [1.54, 1.807) is 11.0 Å². The lowest BCUT2D eigenvalue weighted by molar-refractivity contribution is 0.350. The van der Waals surface area contributed by atoms with E-state index in [4.69, 9.17) is 0 Å². The van der Waals surface area contributed by atoms with Gasteiger partial charge in [-0.15, -0.1) is 5.10 Å². The van der Waals surface area contributed by atoms with Crippen molar-refractivity contribution in [3.63, 3.8) is 0 Å². The molecule has 1 atom stereocenters. The molecule has 1 unspecified atom stereocenters. The molecule has 3 rings (SSSR count). The summed E-state index contributed by atoms with van der Waals surface area (Å²) in [6.07, 6.45) is 5.46. The number of hydrogen-bond donors (Lipinski definition) is 1. The third kappa shape index (κ3) is 2.45. The van der Waals surface area contributed by atoms with E-state index in [9.17, 15) is 0 Å². The summed E-state index contributed by atoms with van der Waals surface area (Å²) in [5.74, 6) is 0. The van der Waals surface area contributed by atoms with Crippen molar-refractivity contribution in [3.8, 4) is 5.69 Å². The zero-order valence-electron chi connectivity index (χ0n) is 11.4. The van der Waals surface area contributed by atoms with Gasteiger partial charge in [-0.1, -0.05) is 20.3 Å². The number of rotatable bonds is 3. The van der Waals surface area contributed by atoms with E-state index in [0.717, 1.165) is 11.4 Å². The molecule has 5 nitrogen and oxygen atoms in total. The molecule has 2 aromatic rings. The molecule has 0 aliphatic heterocycles. The van der Waals surface area contributed by atoms with E-state index in [1.165, 1.54) is 19.3 Å². The van der Waals surface area contributed by atoms with Gasteiger partial charge in [0.1, 0.15) is 6.33 Å². The van der Waals surface area contributed by atoms with Gasteiger partial charge in [-0.25, -0.2) is 4.68 Å². The first-order chi connectivity index (χ1) is 9.15. The summed E-state index contributed by atoms with van der Waals surface area (Å²) >= 11 is 0. The van der Waals surface area contributed by atoms with Crippen molar-refractivity contribution in [3.05, 3.63) is 30.6 Å².